The topological polar surface area (TPSA) is 38.7 Å². The minimum atomic E-state index is -0.451. The number of hydrogen-bond acceptors (Lipinski definition) is 3. The molecule has 1 N–H and O–H groups in total. The zero-order chi connectivity index (χ0) is 7.98. The summed E-state index contributed by atoms with van der Waals surface area (Å²) >= 11 is 0. The molecule has 0 bridgehead atoms. The lowest BCUT2D eigenvalue weighted by atomic mass is 10.3. The van der Waals surface area contributed by atoms with Crippen molar-refractivity contribution in [2.24, 2.45) is 0 Å². The monoisotopic (exact) mass is 146 g/mol. The maximum atomic E-state index is 8.79. The summed E-state index contributed by atoms with van der Waals surface area (Å²) in [6.07, 6.45) is 2.46. The van der Waals surface area contributed by atoms with Gasteiger partial charge in [0, 0.05) is 14.2 Å². The van der Waals surface area contributed by atoms with Crippen LogP contribution >= 0.6 is 0 Å². The van der Waals surface area contributed by atoms with E-state index in [4.69, 9.17) is 14.6 Å². The molecule has 0 amide bonds. The second-order valence-electron chi connectivity index (χ2n) is 1.97. The van der Waals surface area contributed by atoms with Crippen LogP contribution in [0.1, 0.15) is 6.92 Å². The third-order valence-electron chi connectivity index (χ3n) is 1.01. The van der Waals surface area contributed by atoms with Crippen molar-refractivity contribution in [2.45, 2.75) is 19.3 Å². The highest BCUT2D eigenvalue weighted by Gasteiger charge is 1.97. The first-order chi connectivity index (χ1) is 4.70. The van der Waals surface area contributed by atoms with Crippen molar-refractivity contribution in [1.29, 1.82) is 0 Å². The molecule has 0 heterocycles. The van der Waals surface area contributed by atoms with Crippen LogP contribution in [0.3, 0.4) is 0 Å². The molecule has 0 spiro atoms. The van der Waals surface area contributed by atoms with E-state index in [-0.39, 0.29) is 6.29 Å². The van der Waals surface area contributed by atoms with Gasteiger partial charge in [0.2, 0.25) is 0 Å². The number of aliphatic hydroxyl groups is 1. The second kappa shape index (κ2) is 5.41. The molecule has 3 heteroatoms. The predicted molar refractivity (Wildman–Crippen MR) is 38.6 cm³/mol. The van der Waals surface area contributed by atoms with Gasteiger partial charge in [-0.15, -0.1) is 0 Å². The van der Waals surface area contributed by atoms with Gasteiger partial charge in [0.25, 0.3) is 0 Å². The molecule has 0 aromatic rings. The van der Waals surface area contributed by atoms with Crippen LogP contribution in [-0.2, 0) is 9.47 Å². The van der Waals surface area contributed by atoms with Gasteiger partial charge in [-0.1, -0.05) is 6.08 Å². The Morgan fingerprint density at radius 3 is 2.00 bits per heavy atom. The fourth-order valence-electron chi connectivity index (χ4n) is 0.505. The van der Waals surface area contributed by atoms with E-state index in [0.29, 0.717) is 0 Å². The first-order valence-electron chi connectivity index (χ1n) is 3.12. The van der Waals surface area contributed by atoms with Gasteiger partial charge in [0.1, 0.15) is 0 Å². The van der Waals surface area contributed by atoms with Crippen molar-refractivity contribution >= 4 is 0 Å². The summed E-state index contributed by atoms with van der Waals surface area (Å²) in [7, 11) is 3.08. The summed E-state index contributed by atoms with van der Waals surface area (Å²) < 4.78 is 9.66. The minimum absolute atomic E-state index is 0.352. The lowest BCUT2D eigenvalue weighted by Gasteiger charge is -2.07. The van der Waals surface area contributed by atoms with Crippen molar-refractivity contribution in [2.75, 3.05) is 14.2 Å². The van der Waals surface area contributed by atoms with Crippen molar-refractivity contribution in [3.63, 3.8) is 0 Å². The fraction of sp³-hybridized carbons (Fsp3) is 0.714. The molecule has 0 saturated carbocycles. The third kappa shape index (κ3) is 4.49. The molecule has 0 radical (unpaired) electrons. The Balaban J connectivity index is 3.61. The highest BCUT2D eigenvalue weighted by atomic mass is 16.7. The Labute approximate surface area is 61.3 Å². The lowest BCUT2D eigenvalue weighted by Crippen LogP contribution is -2.09. The zero-order valence-electron chi connectivity index (χ0n) is 6.57. The number of rotatable bonds is 4. The van der Waals surface area contributed by atoms with Gasteiger partial charge < -0.3 is 14.6 Å². The Kier molecular flexibility index (Phi) is 5.20. The normalized spacial score (nSPS) is 14.9. The molecule has 0 rings (SSSR count). The molecule has 10 heavy (non-hydrogen) atoms. The van der Waals surface area contributed by atoms with Crippen LogP contribution in [0, 0.1) is 0 Å². The highest BCUT2D eigenvalue weighted by Crippen LogP contribution is 1.94. The van der Waals surface area contributed by atoms with Crippen molar-refractivity contribution in [1.82, 2.24) is 0 Å². The summed E-state index contributed by atoms with van der Waals surface area (Å²) in [6.45, 7) is 1.67. The summed E-state index contributed by atoms with van der Waals surface area (Å²) in [5, 5.41) is 8.79. The number of methoxy groups -OCH3 is 2. The Bertz CT molecular complexity index is 95.0. The molecule has 60 valence electrons. The number of hydrogen-bond donors (Lipinski definition) is 1. The van der Waals surface area contributed by atoms with Gasteiger partial charge in [-0.05, 0) is 13.0 Å². The van der Waals surface area contributed by atoms with Gasteiger partial charge in [0.05, 0.1) is 6.10 Å². The summed E-state index contributed by atoms with van der Waals surface area (Å²) in [4.78, 5) is 0. The quantitative estimate of drug-likeness (QED) is 0.465. The van der Waals surface area contributed by atoms with Crippen molar-refractivity contribution in [3.8, 4) is 0 Å². The van der Waals surface area contributed by atoms with Crippen LogP contribution in [0.15, 0.2) is 12.2 Å². The van der Waals surface area contributed by atoms with Gasteiger partial charge in [-0.2, -0.15) is 0 Å². The highest BCUT2D eigenvalue weighted by molar-refractivity contribution is 4.88. The smallest absolute Gasteiger partial charge is 0.176 e. The van der Waals surface area contributed by atoms with Crippen LogP contribution in [0.2, 0.25) is 0 Å². The van der Waals surface area contributed by atoms with E-state index in [9.17, 15) is 0 Å². The van der Waals surface area contributed by atoms with Crippen LogP contribution < -0.4 is 0 Å². The standard InChI is InChI=1S/C7H14O3/c1-6(8)4-5-7(9-2)10-3/h4-8H,1-3H3/b5-4+/t6-/m1/s1. The van der Waals surface area contributed by atoms with E-state index in [2.05, 4.69) is 0 Å². The van der Waals surface area contributed by atoms with Crippen LogP contribution in [0.5, 0.6) is 0 Å². The predicted octanol–water partition coefficient (Wildman–Crippen LogP) is 0.542. The number of ether oxygens (including phenoxy) is 2. The first kappa shape index (κ1) is 9.62. The fourth-order valence-corrected chi connectivity index (χ4v) is 0.505. The third-order valence-corrected chi connectivity index (χ3v) is 1.01. The second-order valence-corrected chi connectivity index (χ2v) is 1.97. The van der Waals surface area contributed by atoms with Crippen molar-refractivity contribution in [3.05, 3.63) is 12.2 Å². The summed E-state index contributed by atoms with van der Waals surface area (Å²) in [5.74, 6) is 0. The van der Waals surface area contributed by atoms with E-state index in [0.717, 1.165) is 0 Å². The summed E-state index contributed by atoms with van der Waals surface area (Å²) in [6, 6.07) is 0. The molecule has 0 aliphatic carbocycles. The molecular weight excluding hydrogens is 132 g/mol. The molecule has 0 unspecified atom stereocenters. The van der Waals surface area contributed by atoms with Gasteiger partial charge in [0.15, 0.2) is 6.29 Å². The molecule has 0 fully saturated rings. The largest absolute Gasteiger partial charge is 0.389 e. The van der Waals surface area contributed by atoms with Crippen LogP contribution in [0.4, 0.5) is 0 Å². The van der Waals surface area contributed by atoms with Gasteiger partial charge in [-0.25, -0.2) is 0 Å². The first-order valence-corrected chi connectivity index (χ1v) is 3.12. The number of aliphatic hydroxyl groups excluding tert-OH is 1. The van der Waals surface area contributed by atoms with Gasteiger partial charge in [-0.3, -0.25) is 0 Å². The van der Waals surface area contributed by atoms with E-state index in [1.54, 1.807) is 33.3 Å². The van der Waals surface area contributed by atoms with E-state index < -0.39 is 6.10 Å². The molecule has 1 atom stereocenters. The molecule has 3 nitrogen and oxygen atoms in total. The molecule has 0 aliphatic heterocycles. The van der Waals surface area contributed by atoms with Crippen LogP contribution in [-0.4, -0.2) is 31.7 Å². The van der Waals surface area contributed by atoms with Crippen LogP contribution in [0.25, 0.3) is 0 Å². The molecule has 0 aromatic heterocycles. The Hall–Kier alpha value is -0.380. The lowest BCUT2D eigenvalue weighted by molar-refractivity contribution is -0.0671. The zero-order valence-corrected chi connectivity index (χ0v) is 6.57. The Morgan fingerprint density at radius 1 is 1.20 bits per heavy atom. The minimum Gasteiger partial charge on any atom is -0.389 e. The van der Waals surface area contributed by atoms with E-state index in [1.165, 1.54) is 0 Å². The summed E-state index contributed by atoms with van der Waals surface area (Å²) in [5.41, 5.74) is 0. The van der Waals surface area contributed by atoms with E-state index in [1.807, 2.05) is 0 Å². The molecule has 0 saturated heterocycles. The molecule has 0 aliphatic rings. The molecular formula is C7H14O3. The maximum Gasteiger partial charge on any atom is 0.176 e. The average Bonchev–Trinajstić information content (AvgIpc) is 1.90. The maximum absolute atomic E-state index is 8.79. The van der Waals surface area contributed by atoms with Crippen molar-refractivity contribution < 1.29 is 14.6 Å². The average molecular weight is 146 g/mol. The van der Waals surface area contributed by atoms with Gasteiger partial charge >= 0.3 is 0 Å². The molecule has 0 aromatic carbocycles. The van der Waals surface area contributed by atoms with E-state index >= 15 is 0 Å². The Morgan fingerprint density at radius 2 is 1.70 bits per heavy atom. The SMILES string of the molecule is COC(/C=C/[C@@H](C)O)OC.